The first-order valence-electron chi connectivity index (χ1n) is 10.1. The van der Waals surface area contributed by atoms with E-state index in [0.29, 0.717) is 6.04 Å². The number of piperazine rings is 1. The molecule has 0 bridgehead atoms. The number of ether oxygens (including phenoxy) is 1. The number of imidazole rings is 1. The van der Waals surface area contributed by atoms with Crippen molar-refractivity contribution in [1.29, 1.82) is 0 Å². The SMILES string of the molecule is COc1ccc(N2CCN([C@@H]3CCCN(Cc4cnc(C)[nH]4)C3)CC2)cc1. The van der Waals surface area contributed by atoms with E-state index in [1.165, 1.54) is 37.3 Å². The molecule has 0 saturated carbocycles. The average molecular weight is 370 g/mol. The van der Waals surface area contributed by atoms with Gasteiger partial charge in [-0.05, 0) is 50.6 Å². The van der Waals surface area contributed by atoms with Crippen LogP contribution in [0.1, 0.15) is 24.4 Å². The van der Waals surface area contributed by atoms with E-state index in [9.17, 15) is 0 Å². The number of hydrogen-bond donors (Lipinski definition) is 1. The first-order chi connectivity index (χ1) is 13.2. The molecule has 2 saturated heterocycles. The fourth-order valence-corrected chi connectivity index (χ4v) is 4.40. The zero-order chi connectivity index (χ0) is 18.6. The predicted octanol–water partition coefficient (Wildman–Crippen LogP) is 2.51. The molecule has 1 aromatic carbocycles. The number of likely N-dealkylation sites (tertiary alicyclic amines) is 1. The van der Waals surface area contributed by atoms with Crippen molar-refractivity contribution in [1.82, 2.24) is 19.8 Å². The lowest BCUT2D eigenvalue weighted by Crippen LogP contribution is -2.55. The molecule has 4 rings (SSSR count). The Bertz CT molecular complexity index is 720. The van der Waals surface area contributed by atoms with Gasteiger partial charge in [0.25, 0.3) is 0 Å². The minimum Gasteiger partial charge on any atom is -0.497 e. The Morgan fingerprint density at radius 1 is 1.11 bits per heavy atom. The van der Waals surface area contributed by atoms with Gasteiger partial charge in [-0.25, -0.2) is 4.98 Å². The topological polar surface area (TPSA) is 47.6 Å². The summed E-state index contributed by atoms with van der Waals surface area (Å²) in [6.45, 7) is 9.86. The van der Waals surface area contributed by atoms with Crippen LogP contribution in [-0.2, 0) is 6.54 Å². The molecule has 0 aliphatic carbocycles. The molecule has 1 N–H and O–H groups in total. The molecule has 2 aromatic rings. The van der Waals surface area contributed by atoms with Crippen LogP contribution in [0.15, 0.2) is 30.5 Å². The van der Waals surface area contributed by atoms with Gasteiger partial charge in [0.15, 0.2) is 0 Å². The number of anilines is 1. The number of rotatable bonds is 5. The van der Waals surface area contributed by atoms with E-state index in [-0.39, 0.29) is 0 Å². The summed E-state index contributed by atoms with van der Waals surface area (Å²) in [6, 6.07) is 9.13. The van der Waals surface area contributed by atoms with Crippen LogP contribution < -0.4 is 9.64 Å². The van der Waals surface area contributed by atoms with Crippen molar-refractivity contribution in [3.63, 3.8) is 0 Å². The van der Waals surface area contributed by atoms with Gasteiger partial charge in [-0.3, -0.25) is 9.80 Å². The maximum atomic E-state index is 5.27. The lowest BCUT2D eigenvalue weighted by Gasteiger charge is -2.44. The van der Waals surface area contributed by atoms with Crippen LogP contribution in [0, 0.1) is 6.92 Å². The predicted molar refractivity (Wildman–Crippen MR) is 108 cm³/mol. The fourth-order valence-electron chi connectivity index (χ4n) is 4.40. The summed E-state index contributed by atoms with van der Waals surface area (Å²) >= 11 is 0. The van der Waals surface area contributed by atoms with Crippen molar-refractivity contribution >= 4 is 5.69 Å². The van der Waals surface area contributed by atoms with E-state index in [2.05, 4.69) is 48.9 Å². The Morgan fingerprint density at radius 2 is 1.89 bits per heavy atom. The van der Waals surface area contributed by atoms with Crippen molar-refractivity contribution in [3.8, 4) is 5.75 Å². The Balaban J connectivity index is 1.29. The molecular weight excluding hydrogens is 338 g/mol. The highest BCUT2D eigenvalue weighted by Gasteiger charge is 2.28. The highest BCUT2D eigenvalue weighted by atomic mass is 16.5. The summed E-state index contributed by atoms with van der Waals surface area (Å²) in [5, 5.41) is 0. The number of H-pyrrole nitrogens is 1. The van der Waals surface area contributed by atoms with Crippen molar-refractivity contribution in [2.24, 2.45) is 0 Å². The minimum absolute atomic E-state index is 0.681. The zero-order valence-electron chi connectivity index (χ0n) is 16.5. The lowest BCUT2D eigenvalue weighted by atomic mass is 10.0. The minimum atomic E-state index is 0.681. The third-order valence-corrected chi connectivity index (χ3v) is 5.90. The van der Waals surface area contributed by atoms with E-state index in [4.69, 9.17) is 4.74 Å². The Kier molecular flexibility index (Phi) is 5.64. The number of aromatic amines is 1. The number of aromatic nitrogens is 2. The summed E-state index contributed by atoms with van der Waals surface area (Å²) in [6.07, 6.45) is 4.59. The highest BCUT2D eigenvalue weighted by Crippen LogP contribution is 2.23. The smallest absolute Gasteiger partial charge is 0.119 e. The van der Waals surface area contributed by atoms with Gasteiger partial charge in [-0.1, -0.05) is 0 Å². The summed E-state index contributed by atoms with van der Waals surface area (Å²) in [4.78, 5) is 15.5. The standard InChI is InChI=1S/C21H31N5O/c1-17-22-14-18(23-17)15-24-9-3-4-20(16-24)26-12-10-25(11-13-26)19-5-7-21(27-2)8-6-19/h5-8,14,20H,3-4,9-13,15-16H2,1-2H3,(H,22,23)/t20-/m1/s1. The number of nitrogens with one attached hydrogen (secondary N) is 1. The molecule has 2 aliphatic rings. The van der Waals surface area contributed by atoms with Crippen molar-refractivity contribution in [2.45, 2.75) is 32.4 Å². The van der Waals surface area contributed by atoms with Gasteiger partial charge in [0.1, 0.15) is 11.6 Å². The maximum absolute atomic E-state index is 5.27. The van der Waals surface area contributed by atoms with Gasteiger partial charge in [-0.15, -0.1) is 0 Å². The van der Waals surface area contributed by atoms with Gasteiger partial charge < -0.3 is 14.6 Å². The Labute approximate surface area is 162 Å². The highest BCUT2D eigenvalue weighted by molar-refractivity contribution is 5.49. The number of hydrogen-bond acceptors (Lipinski definition) is 5. The largest absolute Gasteiger partial charge is 0.497 e. The van der Waals surface area contributed by atoms with Crippen LogP contribution >= 0.6 is 0 Å². The van der Waals surface area contributed by atoms with Crippen LogP contribution in [0.4, 0.5) is 5.69 Å². The molecule has 1 aromatic heterocycles. The van der Waals surface area contributed by atoms with Crippen LogP contribution in [0.25, 0.3) is 0 Å². The monoisotopic (exact) mass is 369 g/mol. The second kappa shape index (κ2) is 8.31. The normalized spacial score (nSPS) is 22.1. The average Bonchev–Trinajstić information content (AvgIpc) is 3.13. The molecule has 6 nitrogen and oxygen atoms in total. The fraction of sp³-hybridized carbons (Fsp3) is 0.571. The summed E-state index contributed by atoms with van der Waals surface area (Å²) < 4.78 is 5.27. The second-order valence-corrected chi connectivity index (χ2v) is 7.75. The molecule has 3 heterocycles. The van der Waals surface area contributed by atoms with Crippen molar-refractivity contribution in [2.75, 3.05) is 51.3 Å². The number of piperidine rings is 1. The molecular formula is C21H31N5O. The van der Waals surface area contributed by atoms with Crippen molar-refractivity contribution in [3.05, 3.63) is 42.0 Å². The van der Waals surface area contributed by atoms with E-state index in [1.54, 1.807) is 7.11 Å². The zero-order valence-corrected chi connectivity index (χ0v) is 16.5. The summed E-state index contributed by atoms with van der Waals surface area (Å²) in [5.74, 6) is 1.93. The molecule has 0 unspecified atom stereocenters. The van der Waals surface area contributed by atoms with Crippen LogP contribution in [-0.4, -0.2) is 72.2 Å². The first kappa shape index (κ1) is 18.3. The molecule has 0 spiro atoms. The van der Waals surface area contributed by atoms with E-state index < -0.39 is 0 Å². The lowest BCUT2D eigenvalue weighted by molar-refractivity contribution is 0.0881. The Hall–Kier alpha value is -2.05. The maximum Gasteiger partial charge on any atom is 0.119 e. The van der Waals surface area contributed by atoms with Crippen LogP contribution in [0.5, 0.6) is 5.75 Å². The number of nitrogens with zero attached hydrogens (tertiary/aromatic N) is 4. The van der Waals surface area contributed by atoms with Gasteiger partial charge in [0.2, 0.25) is 0 Å². The third kappa shape index (κ3) is 4.45. The molecule has 1 atom stereocenters. The van der Waals surface area contributed by atoms with Gasteiger partial charge >= 0.3 is 0 Å². The molecule has 2 aliphatic heterocycles. The quantitative estimate of drug-likeness (QED) is 0.878. The second-order valence-electron chi connectivity index (χ2n) is 7.75. The first-order valence-corrected chi connectivity index (χ1v) is 10.1. The van der Waals surface area contributed by atoms with Gasteiger partial charge in [0.05, 0.1) is 7.11 Å². The third-order valence-electron chi connectivity index (χ3n) is 5.90. The summed E-state index contributed by atoms with van der Waals surface area (Å²) in [5.41, 5.74) is 2.54. The molecule has 27 heavy (non-hydrogen) atoms. The molecule has 146 valence electrons. The summed E-state index contributed by atoms with van der Waals surface area (Å²) in [7, 11) is 1.72. The number of aryl methyl sites for hydroxylation is 1. The Morgan fingerprint density at radius 3 is 2.56 bits per heavy atom. The van der Waals surface area contributed by atoms with Gasteiger partial charge in [-0.2, -0.15) is 0 Å². The molecule has 0 amide bonds. The number of methoxy groups -OCH3 is 1. The van der Waals surface area contributed by atoms with E-state index >= 15 is 0 Å². The van der Waals surface area contributed by atoms with Crippen LogP contribution in [0.2, 0.25) is 0 Å². The molecule has 6 heteroatoms. The molecule has 0 radical (unpaired) electrons. The van der Waals surface area contributed by atoms with Crippen LogP contribution in [0.3, 0.4) is 0 Å². The van der Waals surface area contributed by atoms with Gasteiger partial charge in [0, 0.05) is 62.9 Å². The van der Waals surface area contributed by atoms with E-state index in [0.717, 1.165) is 44.3 Å². The molecule has 2 fully saturated rings. The van der Waals surface area contributed by atoms with E-state index in [1.807, 2.05) is 13.1 Å². The van der Waals surface area contributed by atoms with Crippen molar-refractivity contribution < 1.29 is 4.74 Å². The number of benzene rings is 1.